The van der Waals surface area contributed by atoms with Crippen molar-refractivity contribution >= 4 is 11.8 Å². The van der Waals surface area contributed by atoms with Gasteiger partial charge in [-0.15, -0.1) is 0 Å². The maximum absolute atomic E-state index is 12.6. The molecule has 148 valence electrons. The fourth-order valence-electron chi connectivity index (χ4n) is 3.68. The molecule has 3 rings (SSSR count). The number of carbonyl (C=O) groups excluding carboxylic acids is 2. The van der Waals surface area contributed by atoms with Crippen molar-refractivity contribution in [3.05, 3.63) is 53.9 Å². The van der Waals surface area contributed by atoms with Gasteiger partial charge in [0.15, 0.2) is 0 Å². The molecular weight excluding hydrogens is 354 g/mol. The van der Waals surface area contributed by atoms with Gasteiger partial charge in [-0.2, -0.15) is 0 Å². The number of nitrogens with one attached hydrogen (secondary N) is 2. The lowest BCUT2D eigenvalue weighted by Crippen LogP contribution is -2.46. The topological polar surface area (TPSA) is 96.9 Å². The molecule has 28 heavy (non-hydrogen) atoms. The summed E-state index contributed by atoms with van der Waals surface area (Å²) in [6, 6.07) is 5.29. The highest BCUT2D eigenvalue weighted by Gasteiger charge is 2.35. The van der Waals surface area contributed by atoms with E-state index in [0.29, 0.717) is 17.9 Å². The number of aryl methyl sites for hydroxylation is 1. The summed E-state index contributed by atoms with van der Waals surface area (Å²) >= 11 is 0. The van der Waals surface area contributed by atoms with Crippen LogP contribution < -0.4 is 10.6 Å². The Kier molecular flexibility index (Phi) is 6.68. The van der Waals surface area contributed by atoms with Gasteiger partial charge in [-0.25, -0.2) is 4.98 Å². The van der Waals surface area contributed by atoms with Crippen LogP contribution in [0, 0.1) is 6.92 Å². The first-order chi connectivity index (χ1) is 13.6. The van der Waals surface area contributed by atoms with Gasteiger partial charge in [0, 0.05) is 24.5 Å². The molecule has 0 aromatic carbocycles. The lowest BCUT2D eigenvalue weighted by Gasteiger charge is -2.30. The summed E-state index contributed by atoms with van der Waals surface area (Å²) in [5.41, 5.74) is 1.41. The molecule has 2 N–H and O–H groups in total. The van der Waals surface area contributed by atoms with Gasteiger partial charge in [0.25, 0.3) is 11.8 Å². The predicted molar refractivity (Wildman–Crippen MR) is 106 cm³/mol. The van der Waals surface area contributed by atoms with Crippen LogP contribution in [0.2, 0.25) is 0 Å². The van der Waals surface area contributed by atoms with Crippen LogP contribution >= 0.6 is 0 Å². The number of rotatable bonds is 8. The van der Waals surface area contributed by atoms with Crippen LogP contribution in [0.5, 0.6) is 0 Å². The quantitative estimate of drug-likeness (QED) is 0.686. The van der Waals surface area contributed by atoms with E-state index in [-0.39, 0.29) is 17.4 Å². The average Bonchev–Trinajstić information content (AvgIpc) is 3.17. The van der Waals surface area contributed by atoms with Gasteiger partial charge in [-0.3, -0.25) is 19.6 Å². The van der Waals surface area contributed by atoms with Crippen LogP contribution in [0.3, 0.4) is 0 Å². The summed E-state index contributed by atoms with van der Waals surface area (Å²) < 4.78 is 0. The molecule has 7 nitrogen and oxygen atoms in total. The van der Waals surface area contributed by atoms with Crippen molar-refractivity contribution in [1.82, 2.24) is 25.6 Å². The van der Waals surface area contributed by atoms with Crippen molar-refractivity contribution in [3.8, 4) is 0 Å². The molecule has 2 aromatic heterocycles. The highest BCUT2D eigenvalue weighted by molar-refractivity contribution is 5.92. The first-order valence-corrected chi connectivity index (χ1v) is 9.88. The highest BCUT2D eigenvalue weighted by atomic mass is 16.2. The van der Waals surface area contributed by atoms with Gasteiger partial charge in [-0.05, 0) is 51.2 Å². The van der Waals surface area contributed by atoms with Crippen LogP contribution in [-0.2, 0) is 0 Å². The molecule has 0 radical (unpaired) electrons. The summed E-state index contributed by atoms with van der Waals surface area (Å²) in [7, 11) is 0. The molecule has 1 saturated carbocycles. The number of unbranched alkanes of at least 4 members (excludes halogenated alkanes) is 1. The van der Waals surface area contributed by atoms with Crippen molar-refractivity contribution in [2.75, 3.05) is 6.54 Å². The predicted octanol–water partition coefficient (Wildman–Crippen LogP) is 2.82. The number of hydrogen-bond donors (Lipinski definition) is 2. The number of nitrogens with zero attached hydrogens (tertiary/aromatic N) is 3. The molecule has 1 fully saturated rings. The van der Waals surface area contributed by atoms with E-state index in [1.165, 1.54) is 6.20 Å². The molecule has 0 saturated heterocycles. The monoisotopic (exact) mass is 381 g/mol. The van der Waals surface area contributed by atoms with Crippen LogP contribution in [0.15, 0.2) is 36.8 Å². The SMILES string of the molecule is Cc1cnc(C(=O)NC2(CCCCNC(=O)c3ccccn3)CCCC2)cn1. The van der Waals surface area contributed by atoms with Gasteiger partial charge in [0.05, 0.1) is 11.9 Å². The number of aromatic nitrogens is 3. The Labute approximate surface area is 165 Å². The van der Waals surface area contributed by atoms with E-state index >= 15 is 0 Å². The largest absolute Gasteiger partial charge is 0.351 e. The fourth-order valence-corrected chi connectivity index (χ4v) is 3.68. The fraction of sp³-hybridized carbons (Fsp3) is 0.476. The Bertz CT molecular complexity index is 786. The minimum absolute atomic E-state index is 0.151. The number of pyridine rings is 1. The Morgan fingerprint density at radius 2 is 1.82 bits per heavy atom. The molecule has 2 heterocycles. The van der Waals surface area contributed by atoms with Crippen LogP contribution in [-0.4, -0.2) is 38.8 Å². The van der Waals surface area contributed by atoms with Crippen LogP contribution in [0.1, 0.15) is 71.6 Å². The third-order valence-electron chi connectivity index (χ3n) is 5.22. The van der Waals surface area contributed by atoms with E-state index in [4.69, 9.17) is 0 Å². The normalized spacial score (nSPS) is 15.2. The van der Waals surface area contributed by atoms with Crippen LogP contribution in [0.4, 0.5) is 0 Å². The van der Waals surface area contributed by atoms with Crippen molar-refractivity contribution < 1.29 is 9.59 Å². The molecule has 0 spiro atoms. The average molecular weight is 381 g/mol. The molecule has 7 heteroatoms. The standard InChI is InChI=1S/C21H27N5O2/c1-16-14-25-18(15-24-16)20(28)26-21(9-3-4-10-21)11-5-7-13-23-19(27)17-8-2-6-12-22-17/h2,6,8,12,14-15H,3-5,7,9-11,13H2,1H3,(H,23,27)(H,26,28). The molecule has 0 bridgehead atoms. The maximum Gasteiger partial charge on any atom is 0.271 e. The van der Waals surface area contributed by atoms with Gasteiger partial charge < -0.3 is 10.6 Å². The van der Waals surface area contributed by atoms with Crippen molar-refractivity contribution in [1.29, 1.82) is 0 Å². The number of carbonyl (C=O) groups is 2. The van der Waals surface area contributed by atoms with E-state index in [1.807, 2.05) is 6.92 Å². The van der Waals surface area contributed by atoms with E-state index in [2.05, 4.69) is 25.6 Å². The van der Waals surface area contributed by atoms with Crippen molar-refractivity contribution in [3.63, 3.8) is 0 Å². The first kappa shape index (κ1) is 19.9. The zero-order chi connectivity index (χ0) is 19.8. The Morgan fingerprint density at radius 3 is 2.50 bits per heavy atom. The first-order valence-electron chi connectivity index (χ1n) is 9.88. The molecule has 2 aromatic rings. The van der Waals surface area contributed by atoms with E-state index in [9.17, 15) is 9.59 Å². The second-order valence-electron chi connectivity index (χ2n) is 7.41. The summed E-state index contributed by atoms with van der Waals surface area (Å²) in [4.78, 5) is 37.0. The lowest BCUT2D eigenvalue weighted by molar-refractivity contribution is 0.0887. The van der Waals surface area contributed by atoms with Gasteiger partial charge in [0.2, 0.25) is 0 Å². The second-order valence-corrected chi connectivity index (χ2v) is 7.41. The molecule has 0 unspecified atom stereocenters. The third kappa shape index (κ3) is 5.34. The molecule has 0 aliphatic heterocycles. The molecule has 0 atom stereocenters. The highest BCUT2D eigenvalue weighted by Crippen LogP contribution is 2.34. The minimum Gasteiger partial charge on any atom is -0.351 e. The Balaban J connectivity index is 1.46. The number of hydrogen-bond acceptors (Lipinski definition) is 5. The van der Waals surface area contributed by atoms with Crippen LogP contribution in [0.25, 0.3) is 0 Å². The lowest BCUT2D eigenvalue weighted by atomic mass is 9.90. The summed E-state index contributed by atoms with van der Waals surface area (Å²) in [5.74, 6) is -0.305. The third-order valence-corrected chi connectivity index (χ3v) is 5.22. The zero-order valence-electron chi connectivity index (χ0n) is 16.3. The zero-order valence-corrected chi connectivity index (χ0v) is 16.3. The van der Waals surface area contributed by atoms with Crippen molar-refractivity contribution in [2.24, 2.45) is 0 Å². The number of amides is 2. The Morgan fingerprint density at radius 1 is 1.00 bits per heavy atom. The minimum atomic E-state index is -0.172. The van der Waals surface area contributed by atoms with Gasteiger partial charge >= 0.3 is 0 Å². The van der Waals surface area contributed by atoms with Gasteiger partial charge in [0.1, 0.15) is 11.4 Å². The second kappa shape index (κ2) is 9.39. The van der Waals surface area contributed by atoms with Gasteiger partial charge in [-0.1, -0.05) is 18.9 Å². The van der Waals surface area contributed by atoms with Crippen molar-refractivity contribution in [2.45, 2.75) is 57.4 Å². The smallest absolute Gasteiger partial charge is 0.271 e. The van der Waals surface area contributed by atoms with E-state index in [1.54, 1.807) is 30.6 Å². The van der Waals surface area contributed by atoms with E-state index in [0.717, 1.165) is 50.6 Å². The summed E-state index contributed by atoms with van der Waals surface area (Å²) in [6.07, 6.45) is 11.7. The maximum atomic E-state index is 12.6. The molecular formula is C21H27N5O2. The Hall–Kier alpha value is -2.83. The molecule has 1 aliphatic rings. The molecule has 2 amide bonds. The summed E-state index contributed by atoms with van der Waals surface area (Å²) in [5, 5.41) is 6.12. The molecule has 1 aliphatic carbocycles. The van der Waals surface area contributed by atoms with E-state index < -0.39 is 0 Å². The summed E-state index contributed by atoms with van der Waals surface area (Å²) in [6.45, 7) is 2.45.